The summed E-state index contributed by atoms with van der Waals surface area (Å²) in [6, 6.07) is 15.7. The van der Waals surface area contributed by atoms with Gasteiger partial charge < -0.3 is 20.1 Å². The Kier molecular flexibility index (Phi) is 7.73. The van der Waals surface area contributed by atoms with E-state index in [-0.39, 0.29) is 30.8 Å². The number of carbonyl (C=O) groups excluding carboxylic acids is 2. The van der Waals surface area contributed by atoms with Crippen LogP contribution in [0.4, 0.5) is 4.79 Å². The molecule has 7 heteroatoms. The van der Waals surface area contributed by atoms with E-state index in [0.29, 0.717) is 31.8 Å². The smallest absolute Gasteiger partial charge is 0.407 e. The molecule has 35 heavy (non-hydrogen) atoms. The lowest BCUT2D eigenvalue weighted by molar-refractivity contribution is -0.153. The summed E-state index contributed by atoms with van der Waals surface area (Å²) < 4.78 is 5.56. The lowest BCUT2D eigenvalue weighted by Crippen LogP contribution is -2.50. The Morgan fingerprint density at radius 1 is 1.06 bits per heavy atom. The van der Waals surface area contributed by atoms with E-state index >= 15 is 0 Å². The van der Waals surface area contributed by atoms with Crippen molar-refractivity contribution in [1.29, 1.82) is 0 Å². The van der Waals surface area contributed by atoms with Gasteiger partial charge in [0, 0.05) is 25.4 Å². The standard InChI is InChI=1S/C28H34N2O5/c1-18(15-26(31)30-16-19(2)11-12-25(30)27(32)33)13-14-29-28(34)35-17-24-22-9-5-3-7-20(22)21-8-4-6-10-23(21)24/h3-10,18-19,24-25H,11-17H2,1-2H3,(H,29,34)(H,32,33). The number of hydrogen-bond donors (Lipinski definition) is 2. The zero-order valence-electron chi connectivity index (χ0n) is 20.4. The SMILES string of the molecule is CC(CCNC(=O)OCC1c2ccccc2-c2ccccc21)CC(=O)N1CC(C)CCC1C(=O)O. The average Bonchev–Trinajstić information content (AvgIpc) is 3.16. The van der Waals surface area contributed by atoms with Crippen molar-refractivity contribution >= 4 is 18.0 Å². The maximum Gasteiger partial charge on any atom is 0.407 e. The third kappa shape index (κ3) is 5.66. The molecular formula is C28H34N2O5. The number of carboxylic acids is 1. The number of fused-ring (bicyclic) bond motifs is 3. The first-order valence-corrected chi connectivity index (χ1v) is 12.5. The summed E-state index contributed by atoms with van der Waals surface area (Å²) in [6.07, 6.45) is 1.72. The van der Waals surface area contributed by atoms with Gasteiger partial charge >= 0.3 is 12.1 Å². The van der Waals surface area contributed by atoms with E-state index in [0.717, 1.165) is 6.42 Å². The predicted octanol–water partition coefficient (Wildman–Crippen LogP) is 4.65. The second kappa shape index (κ2) is 10.9. The Labute approximate surface area is 206 Å². The van der Waals surface area contributed by atoms with E-state index in [4.69, 9.17) is 4.74 Å². The molecule has 2 aliphatic rings. The quantitative estimate of drug-likeness (QED) is 0.576. The molecule has 0 radical (unpaired) electrons. The van der Waals surface area contributed by atoms with Crippen LogP contribution in [0, 0.1) is 11.8 Å². The number of nitrogens with one attached hydrogen (secondary N) is 1. The first kappa shape index (κ1) is 24.8. The van der Waals surface area contributed by atoms with Gasteiger partial charge in [-0.3, -0.25) is 4.79 Å². The fraction of sp³-hybridized carbons (Fsp3) is 0.464. The molecule has 1 fully saturated rings. The highest BCUT2D eigenvalue weighted by atomic mass is 16.5. The molecular weight excluding hydrogens is 444 g/mol. The highest BCUT2D eigenvalue weighted by molar-refractivity contribution is 5.84. The van der Waals surface area contributed by atoms with Gasteiger partial charge in [-0.25, -0.2) is 9.59 Å². The molecule has 1 heterocycles. The first-order valence-electron chi connectivity index (χ1n) is 12.5. The zero-order valence-corrected chi connectivity index (χ0v) is 20.4. The van der Waals surface area contributed by atoms with Gasteiger partial charge in [-0.05, 0) is 53.4 Å². The van der Waals surface area contributed by atoms with Gasteiger partial charge in [-0.1, -0.05) is 62.4 Å². The summed E-state index contributed by atoms with van der Waals surface area (Å²) in [5.41, 5.74) is 4.70. The van der Waals surface area contributed by atoms with Crippen molar-refractivity contribution in [2.24, 2.45) is 11.8 Å². The fourth-order valence-electron chi connectivity index (χ4n) is 5.27. The topological polar surface area (TPSA) is 95.9 Å². The number of benzene rings is 2. The van der Waals surface area contributed by atoms with Crippen LogP contribution < -0.4 is 5.32 Å². The fourth-order valence-corrected chi connectivity index (χ4v) is 5.27. The maximum atomic E-state index is 12.8. The number of aliphatic carboxylic acids is 1. The lowest BCUT2D eigenvalue weighted by atomic mass is 9.92. The Morgan fingerprint density at radius 3 is 2.31 bits per heavy atom. The Balaban J connectivity index is 1.23. The van der Waals surface area contributed by atoms with Crippen LogP contribution in [-0.2, 0) is 14.3 Å². The molecule has 2 amide bonds. The van der Waals surface area contributed by atoms with Gasteiger partial charge in [0.1, 0.15) is 12.6 Å². The Hall–Kier alpha value is -3.35. The predicted molar refractivity (Wildman–Crippen MR) is 133 cm³/mol. The van der Waals surface area contributed by atoms with Gasteiger partial charge in [0.25, 0.3) is 0 Å². The number of carboxylic acid groups (broad SMARTS) is 1. The van der Waals surface area contributed by atoms with Crippen molar-refractivity contribution in [1.82, 2.24) is 10.2 Å². The molecule has 2 aromatic carbocycles. The number of carbonyl (C=O) groups is 3. The molecule has 2 N–H and O–H groups in total. The summed E-state index contributed by atoms with van der Waals surface area (Å²) in [7, 11) is 0. The van der Waals surface area contributed by atoms with Gasteiger partial charge in [0.2, 0.25) is 5.91 Å². The van der Waals surface area contributed by atoms with Gasteiger partial charge in [0.15, 0.2) is 0 Å². The number of piperidine rings is 1. The molecule has 1 aliphatic carbocycles. The van der Waals surface area contributed by atoms with E-state index in [2.05, 4.69) is 29.6 Å². The Bertz CT molecular complexity index is 1040. The monoisotopic (exact) mass is 478 g/mol. The van der Waals surface area contributed by atoms with E-state index in [1.54, 1.807) is 0 Å². The summed E-state index contributed by atoms with van der Waals surface area (Å²) >= 11 is 0. The summed E-state index contributed by atoms with van der Waals surface area (Å²) in [5.74, 6) is -0.727. The molecule has 1 aliphatic heterocycles. The normalized spacial score (nSPS) is 20.0. The van der Waals surface area contributed by atoms with Crippen molar-refractivity contribution in [2.45, 2.75) is 51.5 Å². The van der Waals surface area contributed by atoms with Crippen LogP contribution >= 0.6 is 0 Å². The lowest BCUT2D eigenvalue weighted by Gasteiger charge is -2.36. The molecule has 7 nitrogen and oxygen atoms in total. The van der Waals surface area contributed by atoms with Crippen LogP contribution in [0.25, 0.3) is 11.1 Å². The third-order valence-electron chi connectivity index (χ3n) is 7.20. The highest BCUT2D eigenvalue weighted by Gasteiger charge is 2.34. The van der Waals surface area contributed by atoms with Crippen molar-refractivity contribution in [3.63, 3.8) is 0 Å². The van der Waals surface area contributed by atoms with E-state index in [1.165, 1.54) is 27.2 Å². The maximum absolute atomic E-state index is 12.8. The van der Waals surface area contributed by atoms with Crippen LogP contribution in [0.5, 0.6) is 0 Å². The first-order chi connectivity index (χ1) is 16.8. The minimum atomic E-state index is -0.935. The number of nitrogens with zero attached hydrogens (tertiary/aromatic N) is 1. The highest BCUT2D eigenvalue weighted by Crippen LogP contribution is 2.44. The molecule has 4 rings (SSSR count). The second-order valence-corrected chi connectivity index (χ2v) is 9.93. The molecule has 0 saturated carbocycles. The molecule has 2 aromatic rings. The number of rotatable bonds is 8. The number of likely N-dealkylation sites (tertiary alicyclic amines) is 1. The molecule has 3 atom stereocenters. The molecule has 0 aromatic heterocycles. The van der Waals surface area contributed by atoms with Crippen LogP contribution in [0.3, 0.4) is 0 Å². The van der Waals surface area contributed by atoms with Crippen LogP contribution in [0.2, 0.25) is 0 Å². The number of hydrogen-bond acceptors (Lipinski definition) is 4. The zero-order chi connectivity index (χ0) is 24.9. The van der Waals surface area contributed by atoms with Crippen molar-refractivity contribution in [2.75, 3.05) is 19.7 Å². The van der Waals surface area contributed by atoms with Crippen molar-refractivity contribution in [3.8, 4) is 11.1 Å². The number of alkyl carbamates (subject to hydrolysis) is 1. The molecule has 0 bridgehead atoms. The minimum absolute atomic E-state index is 0.0128. The van der Waals surface area contributed by atoms with Crippen LogP contribution in [0.15, 0.2) is 48.5 Å². The summed E-state index contributed by atoms with van der Waals surface area (Å²) in [6.45, 7) is 5.13. The number of amides is 2. The average molecular weight is 479 g/mol. The van der Waals surface area contributed by atoms with Crippen LogP contribution in [-0.4, -0.2) is 53.7 Å². The van der Waals surface area contributed by atoms with Gasteiger partial charge in [-0.15, -0.1) is 0 Å². The van der Waals surface area contributed by atoms with Gasteiger partial charge in [-0.2, -0.15) is 0 Å². The van der Waals surface area contributed by atoms with E-state index in [1.807, 2.05) is 38.1 Å². The number of ether oxygens (including phenoxy) is 1. The van der Waals surface area contributed by atoms with Crippen molar-refractivity contribution < 1.29 is 24.2 Å². The van der Waals surface area contributed by atoms with E-state index in [9.17, 15) is 19.5 Å². The summed E-state index contributed by atoms with van der Waals surface area (Å²) in [4.78, 5) is 38.2. The van der Waals surface area contributed by atoms with Crippen molar-refractivity contribution in [3.05, 3.63) is 59.7 Å². The third-order valence-corrected chi connectivity index (χ3v) is 7.20. The van der Waals surface area contributed by atoms with E-state index < -0.39 is 18.1 Å². The molecule has 186 valence electrons. The molecule has 3 unspecified atom stereocenters. The Morgan fingerprint density at radius 2 is 1.69 bits per heavy atom. The van der Waals surface area contributed by atoms with Gasteiger partial charge in [0.05, 0.1) is 0 Å². The summed E-state index contributed by atoms with van der Waals surface area (Å²) in [5, 5.41) is 12.3. The molecule has 1 saturated heterocycles. The second-order valence-electron chi connectivity index (χ2n) is 9.93. The molecule has 0 spiro atoms. The minimum Gasteiger partial charge on any atom is -0.480 e. The largest absolute Gasteiger partial charge is 0.480 e. The van der Waals surface area contributed by atoms with Crippen LogP contribution in [0.1, 0.15) is 56.6 Å².